The number of ether oxygens (including phenoxy) is 4. The van der Waals surface area contributed by atoms with Gasteiger partial charge in [-0.2, -0.15) is 0 Å². The van der Waals surface area contributed by atoms with Crippen molar-refractivity contribution in [2.45, 2.75) is 24.5 Å². The van der Waals surface area contributed by atoms with E-state index in [1.54, 1.807) is 6.26 Å². The summed E-state index contributed by atoms with van der Waals surface area (Å²) in [5, 5.41) is 2.12. The molecule has 0 bridgehead atoms. The third-order valence-electron chi connectivity index (χ3n) is 6.82. The van der Waals surface area contributed by atoms with Crippen molar-refractivity contribution in [1.82, 2.24) is 0 Å². The average molecular weight is 394 g/mol. The van der Waals surface area contributed by atoms with Crippen molar-refractivity contribution in [3.05, 3.63) is 59.9 Å². The maximum absolute atomic E-state index is 12.6. The molecule has 2 aromatic rings. The van der Waals surface area contributed by atoms with Crippen LogP contribution < -0.4 is 0 Å². The van der Waals surface area contributed by atoms with E-state index >= 15 is 0 Å². The van der Waals surface area contributed by atoms with Crippen LogP contribution in [0.4, 0.5) is 0 Å². The SMILES string of the molecule is COC(=O)C(C(=O)OC)C1OC23COC=CC2(C)C3c2cc3ccccc3cc21. The summed E-state index contributed by atoms with van der Waals surface area (Å²) in [5.74, 6) is -2.48. The molecule has 2 aromatic carbocycles. The van der Waals surface area contributed by atoms with Crippen LogP contribution in [-0.4, -0.2) is 38.4 Å². The highest BCUT2D eigenvalue weighted by Crippen LogP contribution is 2.76. The minimum atomic E-state index is -1.21. The highest BCUT2D eigenvalue weighted by atomic mass is 16.6. The molecule has 1 spiro atoms. The Balaban J connectivity index is 1.74. The van der Waals surface area contributed by atoms with Crippen molar-refractivity contribution in [3.63, 3.8) is 0 Å². The quantitative estimate of drug-likeness (QED) is 0.588. The Bertz CT molecular complexity index is 1040. The predicted molar refractivity (Wildman–Crippen MR) is 104 cm³/mol. The van der Waals surface area contributed by atoms with E-state index in [9.17, 15) is 9.59 Å². The van der Waals surface area contributed by atoms with Crippen LogP contribution in [0.5, 0.6) is 0 Å². The molecule has 0 aromatic heterocycles. The van der Waals surface area contributed by atoms with E-state index in [1.807, 2.05) is 30.3 Å². The van der Waals surface area contributed by atoms with E-state index in [4.69, 9.17) is 18.9 Å². The van der Waals surface area contributed by atoms with Gasteiger partial charge in [0.25, 0.3) is 0 Å². The molecule has 6 nitrogen and oxygen atoms in total. The lowest BCUT2D eigenvalue weighted by molar-refractivity contribution is -0.175. The fourth-order valence-electron chi connectivity index (χ4n) is 5.23. The Morgan fingerprint density at radius 3 is 2.31 bits per heavy atom. The highest BCUT2D eigenvalue weighted by Gasteiger charge is 2.79. The molecule has 0 N–H and O–H groups in total. The van der Waals surface area contributed by atoms with E-state index in [-0.39, 0.29) is 11.3 Å². The molecule has 1 fully saturated rings. The van der Waals surface area contributed by atoms with Crippen molar-refractivity contribution < 1.29 is 28.5 Å². The second-order valence-corrected chi connectivity index (χ2v) is 8.11. The molecule has 0 saturated heterocycles. The van der Waals surface area contributed by atoms with Crippen molar-refractivity contribution in [2.24, 2.45) is 11.3 Å². The molecular formula is C23H22O6. The number of carbonyl (C=O) groups excluding carboxylic acids is 2. The van der Waals surface area contributed by atoms with Crippen LogP contribution in [0.3, 0.4) is 0 Å². The second kappa shape index (κ2) is 6.07. The fourth-order valence-corrected chi connectivity index (χ4v) is 5.23. The number of esters is 2. The standard InChI is InChI=1S/C23H22O6/c1-22-8-9-28-12-23(22)19(22)16-11-14-7-5-4-6-13(14)10-15(16)18(29-23)17(20(24)26-2)21(25)27-3/h4-11,17-19H,12H2,1-3H3. The first-order valence-electron chi connectivity index (χ1n) is 9.62. The number of methoxy groups -OCH3 is 2. The van der Waals surface area contributed by atoms with Crippen LogP contribution >= 0.6 is 0 Å². The summed E-state index contributed by atoms with van der Waals surface area (Å²) in [6.45, 7) is 2.49. The Morgan fingerprint density at radius 1 is 1.07 bits per heavy atom. The van der Waals surface area contributed by atoms with Gasteiger partial charge in [-0.1, -0.05) is 37.3 Å². The summed E-state index contributed by atoms with van der Waals surface area (Å²) in [7, 11) is 2.52. The van der Waals surface area contributed by atoms with Crippen LogP contribution in [0.15, 0.2) is 48.7 Å². The summed E-state index contributed by atoms with van der Waals surface area (Å²) in [5.41, 5.74) is 1.01. The number of fused-ring (bicyclic) bond motifs is 4. The highest BCUT2D eigenvalue weighted by molar-refractivity contribution is 5.96. The average Bonchev–Trinajstić information content (AvgIpc) is 3.32. The molecule has 1 saturated carbocycles. The smallest absolute Gasteiger partial charge is 0.323 e. The molecule has 5 rings (SSSR count). The second-order valence-electron chi connectivity index (χ2n) is 8.11. The molecule has 29 heavy (non-hydrogen) atoms. The van der Waals surface area contributed by atoms with Gasteiger partial charge in [0.2, 0.25) is 0 Å². The Labute approximate surface area is 168 Å². The van der Waals surface area contributed by atoms with Gasteiger partial charge in [-0.25, -0.2) is 0 Å². The summed E-state index contributed by atoms with van der Waals surface area (Å²) in [6, 6.07) is 12.2. The van der Waals surface area contributed by atoms with E-state index in [1.165, 1.54) is 14.2 Å². The topological polar surface area (TPSA) is 71.1 Å². The van der Waals surface area contributed by atoms with Gasteiger partial charge < -0.3 is 18.9 Å². The first-order valence-corrected chi connectivity index (χ1v) is 9.62. The van der Waals surface area contributed by atoms with Gasteiger partial charge in [-0.05, 0) is 34.0 Å². The lowest BCUT2D eigenvalue weighted by atomic mass is 9.85. The minimum Gasteiger partial charge on any atom is -0.498 e. The molecule has 1 aliphatic carbocycles. The molecular weight excluding hydrogens is 372 g/mol. The monoisotopic (exact) mass is 394 g/mol. The number of rotatable bonds is 3. The van der Waals surface area contributed by atoms with Crippen LogP contribution in [0.25, 0.3) is 10.8 Å². The van der Waals surface area contributed by atoms with Crippen LogP contribution in [0.2, 0.25) is 0 Å². The third kappa shape index (κ3) is 2.26. The van der Waals surface area contributed by atoms with E-state index in [2.05, 4.69) is 19.1 Å². The summed E-state index contributed by atoms with van der Waals surface area (Å²) in [4.78, 5) is 25.2. The maximum Gasteiger partial charge on any atom is 0.323 e. The van der Waals surface area contributed by atoms with E-state index in [0.717, 1.165) is 21.9 Å². The first-order chi connectivity index (χ1) is 14.0. The van der Waals surface area contributed by atoms with Gasteiger partial charge in [0.05, 0.1) is 20.5 Å². The molecule has 0 radical (unpaired) electrons. The van der Waals surface area contributed by atoms with Crippen molar-refractivity contribution >= 4 is 22.7 Å². The van der Waals surface area contributed by atoms with Gasteiger partial charge in [-0.15, -0.1) is 0 Å². The van der Waals surface area contributed by atoms with Gasteiger partial charge in [0.15, 0.2) is 5.92 Å². The summed E-state index contributed by atoms with van der Waals surface area (Å²) in [6.07, 6.45) is 2.91. The Hall–Kier alpha value is -2.86. The van der Waals surface area contributed by atoms with Gasteiger partial charge in [0, 0.05) is 11.3 Å². The van der Waals surface area contributed by atoms with Gasteiger partial charge >= 0.3 is 11.9 Å². The molecule has 0 amide bonds. The van der Waals surface area contributed by atoms with Crippen LogP contribution in [0.1, 0.15) is 30.1 Å². The number of carbonyl (C=O) groups is 2. The number of benzene rings is 2. The molecule has 4 atom stereocenters. The van der Waals surface area contributed by atoms with Crippen molar-refractivity contribution in [3.8, 4) is 0 Å². The first kappa shape index (κ1) is 18.2. The number of hydrogen-bond acceptors (Lipinski definition) is 6. The zero-order chi connectivity index (χ0) is 20.4. The minimum absolute atomic E-state index is 0.0838. The van der Waals surface area contributed by atoms with E-state index in [0.29, 0.717) is 6.61 Å². The maximum atomic E-state index is 12.6. The number of hydrogen-bond donors (Lipinski definition) is 0. The normalized spacial score (nSPS) is 31.3. The van der Waals surface area contributed by atoms with Crippen LogP contribution in [-0.2, 0) is 28.5 Å². The van der Waals surface area contributed by atoms with E-state index < -0.39 is 29.6 Å². The largest absolute Gasteiger partial charge is 0.498 e. The molecule has 2 aliphatic heterocycles. The Morgan fingerprint density at radius 2 is 1.69 bits per heavy atom. The zero-order valence-corrected chi connectivity index (χ0v) is 16.5. The van der Waals surface area contributed by atoms with Gasteiger partial charge in [-0.3, -0.25) is 9.59 Å². The summed E-state index contributed by atoms with van der Waals surface area (Å²) < 4.78 is 22.0. The molecule has 4 unspecified atom stereocenters. The lowest BCUT2D eigenvalue weighted by Gasteiger charge is -2.35. The van der Waals surface area contributed by atoms with Crippen molar-refractivity contribution in [1.29, 1.82) is 0 Å². The van der Waals surface area contributed by atoms with Crippen LogP contribution in [0, 0.1) is 11.3 Å². The fraction of sp³-hybridized carbons (Fsp3) is 0.391. The molecule has 3 aliphatic rings. The molecule has 6 heteroatoms. The van der Waals surface area contributed by atoms with Crippen molar-refractivity contribution in [2.75, 3.05) is 20.8 Å². The zero-order valence-electron chi connectivity index (χ0n) is 16.5. The Kier molecular flexibility index (Phi) is 3.80. The lowest BCUT2D eigenvalue weighted by Crippen LogP contribution is -2.41. The molecule has 150 valence electrons. The predicted octanol–water partition coefficient (Wildman–Crippen LogP) is 3.26. The third-order valence-corrected chi connectivity index (χ3v) is 6.82. The van der Waals surface area contributed by atoms with Gasteiger partial charge in [0.1, 0.15) is 18.3 Å². The molecule has 2 heterocycles. The summed E-state index contributed by atoms with van der Waals surface area (Å²) >= 11 is 0.